The van der Waals surface area contributed by atoms with Gasteiger partial charge in [0.25, 0.3) is 0 Å². The first-order chi connectivity index (χ1) is 7.18. The van der Waals surface area contributed by atoms with E-state index in [1.54, 1.807) is 0 Å². The Balaban J connectivity index is 3.63. The molecule has 0 spiro atoms. The van der Waals surface area contributed by atoms with Crippen molar-refractivity contribution >= 4 is 0 Å². The van der Waals surface area contributed by atoms with Gasteiger partial charge in [-0.05, 0) is 18.4 Å². The van der Waals surface area contributed by atoms with Crippen molar-refractivity contribution < 1.29 is 0 Å². The molecule has 15 heavy (non-hydrogen) atoms. The van der Waals surface area contributed by atoms with Crippen molar-refractivity contribution in [3.63, 3.8) is 0 Å². The summed E-state index contributed by atoms with van der Waals surface area (Å²) >= 11 is 0. The average Bonchev–Trinajstić information content (AvgIpc) is 2.26. The highest BCUT2D eigenvalue weighted by Crippen LogP contribution is 2.25. The molecule has 0 fully saturated rings. The zero-order valence-electron chi connectivity index (χ0n) is 10.9. The summed E-state index contributed by atoms with van der Waals surface area (Å²) in [4.78, 5) is 0. The highest BCUT2D eigenvalue weighted by Gasteiger charge is 2.18. The molecule has 1 atom stereocenters. The van der Waals surface area contributed by atoms with Crippen molar-refractivity contribution in [3.8, 4) is 0 Å². The second kappa shape index (κ2) is 8.96. The quantitative estimate of drug-likeness (QED) is 0.423. The first kappa shape index (κ1) is 14.7. The van der Waals surface area contributed by atoms with Crippen molar-refractivity contribution in [2.45, 2.75) is 59.3 Å². The largest absolute Gasteiger partial charge is 0.316 e. The molecule has 0 aliphatic heterocycles. The van der Waals surface area contributed by atoms with Gasteiger partial charge < -0.3 is 5.32 Å². The van der Waals surface area contributed by atoms with E-state index >= 15 is 0 Å². The topological polar surface area (TPSA) is 12.0 Å². The summed E-state index contributed by atoms with van der Waals surface area (Å²) in [6.45, 7) is 12.8. The Labute approximate surface area is 96.3 Å². The van der Waals surface area contributed by atoms with Gasteiger partial charge in [0, 0.05) is 6.54 Å². The van der Waals surface area contributed by atoms with Gasteiger partial charge in [0.15, 0.2) is 0 Å². The fourth-order valence-corrected chi connectivity index (χ4v) is 1.81. The van der Waals surface area contributed by atoms with E-state index in [1.807, 2.05) is 0 Å². The van der Waals surface area contributed by atoms with Gasteiger partial charge in [-0.25, -0.2) is 0 Å². The molecule has 0 radical (unpaired) electrons. The maximum Gasteiger partial charge on any atom is 0.00396 e. The van der Waals surface area contributed by atoms with Gasteiger partial charge in [-0.15, -0.1) is 6.58 Å². The molecule has 0 bridgehead atoms. The van der Waals surface area contributed by atoms with Gasteiger partial charge in [0.1, 0.15) is 0 Å². The Kier molecular flexibility index (Phi) is 8.79. The summed E-state index contributed by atoms with van der Waals surface area (Å²) in [6, 6.07) is 0. The van der Waals surface area contributed by atoms with Gasteiger partial charge in [0.2, 0.25) is 0 Å². The lowest BCUT2D eigenvalue weighted by Gasteiger charge is -2.26. The molecule has 90 valence electrons. The number of rotatable bonds is 10. The van der Waals surface area contributed by atoms with Crippen LogP contribution in [-0.4, -0.2) is 13.1 Å². The fourth-order valence-electron chi connectivity index (χ4n) is 1.81. The van der Waals surface area contributed by atoms with Crippen LogP contribution in [-0.2, 0) is 0 Å². The van der Waals surface area contributed by atoms with Gasteiger partial charge in [-0.1, -0.05) is 59.0 Å². The molecule has 0 saturated heterocycles. The SMILES string of the molecule is C=CC(C)(CCCCCCC)CNCC. The van der Waals surface area contributed by atoms with E-state index in [1.165, 1.54) is 38.5 Å². The van der Waals surface area contributed by atoms with Crippen LogP contribution in [0, 0.1) is 5.41 Å². The molecule has 1 nitrogen and oxygen atoms in total. The lowest BCUT2D eigenvalue weighted by molar-refractivity contribution is 0.351. The molecule has 0 aromatic heterocycles. The van der Waals surface area contributed by atoms with E-state index in [2.05, 4.69) is 38.7 Å². The Morgan fingerprint density at radius 3 is 2.33 bits per heavy atom. The van der Waals surface area contributed by atoms with Crippen LogP contribution in [0.25, 0.3) is 0 Å². The summed E-state index contributed by atoms with van der Waals surface area (Å²) in [5, 5.41) is 3.42. The maximum absolute atomic E-state index is 3.96. The first-order valence-corrected chi connectivity index (χ1v) is 6.53. The third kappa shape index (κ3) is 7.61. The molecule has 0 heterocycles. The molecule has 1 N–H and O–H groups in total. The van der Waals surface area contributed by atoms with Crippen molar-refractivity contribution in [2.24, 2.45) is 5.41 Å². The van der Waals surface area contributed by atoms with Crippen LogP contribution in [0.15, 0.2) is 12.7 Å². The molecular weight excluding hydrogens is 182 g/mol. The average molecular weight is 211 g/mol. The third-order valence-corrected chi connectivity index (χ3v) is 3.12. The van der Waals surface area contributed by atoms with E-state index in [0.29, 0.717) is 5.41 Å². The number of hydrogen-bond acceptors (Lipinski definition) is 1. The predicted octanol–water partition coefficient (Wildman–Crippen LogP) is 4.15. The molecule has 0 aromatic carbocycles. The monoisotopic (exact) mass is 211 g/mol. The second-order valence-corrected chi connectivity index (χ2v) is 4.80. The summed E-state index contributed by atoms with van der Waals surface area (Å²) in [5.74, 6) is 0. The Morgan fingerprint density at radius 2 is 1.80 bits per heavy atom. The van der Waals surface area contributed by atoms with Crippen molar-refractivity contribution in [2.75, 3.05) is 13.1 Å². The highest BCUT2D eigenvalue weighted by molar-refractivity contribution is 4.92. The summed E-state index contributed by atoms with van der Waals surface area (Å²) in [5.41, 5.74) is 0.294. The standard InChI is InChI=1S/C14H29N/c1-5-8-9-10-11-12-14(4,6-2)13-15-7-3/h6,15H,2,5,7-13H2,1,3-4H3. The lowest BCUT2D eigenvalue weighted by atomic mass is 9.84. The Morgan fingerprint density at radius 1 is 1.13 bits per heavy atom. The smallest absolute Gasteiger partial charge is 0.00396 e. The zero-order chi connectivity index (χ0) is 11.6. The Bertz CT molecular complexity index is 153. The molecule has 1 unspecified atom stereocenters. The zero-order valence-corrected chi connectivity index (χ0v) is 10.9. The van der Waals surface area contributed by atoms with Crippen LogP contribution in [0.1, 0.15) is 59.3 Å². The minimum atomic E-state index is 0.294. The van der Waals surface area contributed by atoms with Crippen LogP contribution < -0.4 is 5.32 Å². The molecule has 0 amide bonds. The van der Waals surface area contributed by atoms with E-state index in [9.17, 15) is 0 Å². The molecular formula is C14H29N. The first-order valence-electron chi connectivity index (χ1n) is 6.53. The predicted molar refractivity (Wildman–Crippen MR) is 70.2 cm³/mol. The maximum atomic E-state index is 3.96. The van der Waals surface area contributed by atoms with E-state index in [0.717, 1.165) is 13.1 Å². The highest BCUT2D eigenvalue weighted by atomic mass is 14.9. The molecule has 0 aromatic rings. The van der Waals surface area contributed by atoms with Crippen LogP contribution >= 0.6 is 0 Å². The van der Waals surface area contributed by atoms with Gasteiger partial charge in [0.05, 0.1) is 0 Å². The van der Waals surface area contributed by atoms with Crippen molar-refractivity contribution in [3.05, 3.63) is 12.7 Å². The number of hydrogen-bond donors (Lipinski definition) is 1. The normalized spacial score (nSPS) is 14.9. The van der Waals surface area contributed by atoms with Crippen molar-refractivity contribution in [1.82, 2.24) is 5.32 Å². The van der Waals surface area contributed by atoms with Crippen molar-refractivity contribution in [1.29, 1.82) is 0 Å². The lowest BCUT2D eigenvalue weighted by Crippen LogP contribution is -2.30. The molecule has 0 aliphatic carbocycles. The molecule has 0 aliphatic rings. The fraction of sp³-hybridized carbons (Fsp3) is 0.857. The van der Waals surface area contributed by atoms with Gasteiger partial charge >= 0.3 is 0 Å². The van der Waals surface area contributed by atoms with Crippen LogP contribution in [0.5, 0.6) is 0 Å². The second-order valence-electron chi connectivity index (χ2n) is 4.80. The molecule has 0 rings (SSSR count). The van der Waals surface area contributed by atoms with Crippen LogP contribution in [0.4, 0.5) is 0 Å². The van der Waals surface area contributed by atoms with E-state index < -0.39 is 0 Å². The van der Waals surface area contributed by atoms with E-state index in [-0.39, 0.29) is 0 Å². The molecule has 1 heteroatoms. The van der Waals surface area contributed by atoms with Crippen LogP contribution in [0.2, 0.25) is 0 Å². The van der Waals surface area contributed by atoms with Crippen LogP contribution in [0.3, 0.4) is 0 Å². The minimum Gasteiger partial charge on any atom is -0.316 e. The minimum absolute atomic E-state index is 0.294. The summed E-state index contributed by atoms with van der Waals surface area (Å²) in [7, 11) is 0. The van der Waals surface area contributed by atoms with Gasteiger partial charge in [-0.2, -0.15) is 0 Å². The summed E-state index contributed by atoms with van der Waals surface area (Å²) < 4.78 is 0. The molecule has 0 saturated carbocycles. The Hall–Kier alpha value is -0.300. The summed E-state index contributed by atoms with van der Waals surface area (Å²) in [6.07, 6.45) is 10.2. The third-order valence-electron chi connectivity index (χ3n) is 3.12. The van der Waals surface area contributed by atoms with Gasteiger partial charge in [-0.3, -0.25) is 0 Å². The number of nitrogens with one attached hydrogen (secondary N) is 1. The van der Waals surface area contributed by atoms with E-state index in [4.69, 9.17) is 0 Å². The number of unbranched alkanes of at least 4 members (excludes halogenated alkanes) is 4.